The van der Waals surface area contributed by atoms with Gasteiger partial charge in [0.25, 0.3) is 40.5 Å². The Bertz CT molecular complexity index is 2480. The molecule has 0 aromatic heterocycles. The predicted molar refractivity (Wildman–Crippen MR) is 246 cm³/mol. The molecule has 5 N–H and O–H groups in total. The molecule has 0 saturated carbocycles. The third-order valence-electron chi connectivity index (χ3n) is 11.4. The molecule has 2 aromatic carbocycles. The van der Waals surface area contributed by atoms with E-state index in [-0.39, 0.29) is 41.6 Å². The van der Waals surface area contributed by atoms with E-state index in [2.05, 4.69) is 12.2 Å². The van der Waals surface area contributed by atoms with E-state index < -0.39 is 62.8 Å². The molecular weight excluding hydrogens is 895 g/mol. The van der Waals surface area contributed by atoms with E-state index >= 15 is 0 Å². The number of nitrogens with one attached hydrogen (secondary N) is 1. The molecule has 2 heterocycles. The molecule has 0 spiro atoms. The summed E-state index contributed by atoms with van der Waals surface area (Å²) in [6.07, 6.45) is 13.4. The van der Waals surface area contributed by atoms with E-state index in [0.717, 1.165) is 25.7 Å². The molecule has 0 aliphatic carbocycles. The Labute approximate surface area is 375 Å². The molecule has 2 aliphatic rings. The van der Waals surface area contributed by atoms with Gasteiger partial charge >= 0.3 is 0 Å². The number of hydrogen-bond donors (Lipinski definition) is 5. The number of carbonyl (C=O) groups excluding carboxylic acids is 1. The minimum Gasteiger partial charge on any atom is -0.356 e. The Hall–Kier alpha value is -3.50. The van der Waals surface area contributed by atoms with Crippen molar-refractivity contribution in [2.24, 2.45) is 0 Å². The average Bonchev–Trinajstić information content (AvgIpc) is 3.54. The molecule has 0 bridgehead atoms. The van der Waals surface area contributed by atoms with Gasteiger partial charge in [0.1, 0.15) is 6.54 Å². The zero-order valence-corrected chi connectivity index (χ0v) is 40.5. The topological polar surface area (TPSA) is 253 Å². The number of benzene rings is 2. The zero-order chi connectivity index (χ0) is 47.4. The van der Waals surface area contributed by atoms with Gasteiger partial charge < -0.3 is 10.2 Å². The molecule has 0 radical (unpaired) electrons. The molecule has 4 rings (SSSR count). The Morgan fingerprint density at radius 2 is 1.30 bits per heavy atom. The fraction of sp³-hybridized carbons (Fsp3) is 0.581. The zero-order valence-electron chi connectivity index (χ0n) is 37.2. The average molecular weight is 961 g/mol. The van der Waals surface area contributed by atoms with E-state index in [1.165, 1.54) is 42.8 Å². The van der Waals surface area contributed by atoms with Crippen LogP contribution in [0, 0.1) is 0 Å². The van der Waals surface area contributed by atoms with Crippen LogP contribution >= 0.6 is 0 Å². The Morgan fingerprint density at radius 3 is 1.90 bits per heavy atom. The first kappa shape index (κ1) is 53.8. The largest absolute Gasteiger partial charge is 0.356 e. The van der Waals surface area contributed by atoms with E-state index in [9.17, 15) is 56.7 Å². The van der Waals surface area contributed by atoms with Gasteiger partial charge in [-0.2, -0.15) is 38.2 Å². The van der Waals surface area contributed by atoms with Gasteiger partial charge in [-0.15, -0.1) is 0 Å². The van der Waals surface area contributed by atoms with E-state index in [1.54, 1.807) is 22.8 Å². The highest BCUT2D eigenvalue weighted by atomic mass is 32.2. The summed E-state index contributed by atoms with van der Waals surface area (Å²) in [5.74, 6) is -1.11. The minimum atomic E-state index is -4.63. The van der Waals surface area contributed by atoms with Gasteiger partial charge in [-0.1, -0.05) is 65.4 Å². The van der Waals surface area contributed by atoms with E-state index in [4.69, 9.17) is 0 Å². The van der Waals surface area contributed by atoms with Crippen LogP contribution in [-0.2, 0) is 56.1 Å². The van der Waals surface area contributed by atoms with Crippen LogP contribution in [0.25, 0.3) is 0 Å². The van der Waals surface area contributed by atoms with Crippen LogP contribution in [0.1, 0.15) is 130 Å². The van der Waals surface area contributed by atoms with Crippen LogP contribution in [0.4, 0.5) is 11.4 Å². The third kappa shape index (κ3) is 15.0. The summed E-state index contributed by atoms with van der Waals surface area (Å²) in [4.78, 5) is 13.7. The first-order valence-electron chi connectivity index (χ1n) is 21.5. The van der Waals surface area contributed by atoms with Crippen molar-refractivity contribution in [3.8, 4) is 0 Å². The summed E-state index contributed by atoms with van der Waals surface area (Å²) >= 11 is 0. The SMILES string of the molecule is CC.CCCCCCCNC(=O)CCCCCC1(C)/C(=C\C=C\C2=[N+](CCCS(=O)(=O)O)c3ccc(S(=O)(=O)O)cc3C2(C)C)N(CCCS(=O)(=O)O)c2ccc(S(=O)(=O)O)cc21. The second-order valence-electron chi connectivity index (χ2n) is 16.5. The van der Waals surface area contributed by atoms with Gasteiger partial charge in [-0.25, -0.2) is 0 Å². The summed E-state index contributed by atoms with van der Waals surface area (Å²) in [6.45, 7) is 12.5. The molecule has 354 valence electrons. The molecule has 0 saturated heterocycles. The maximum Gasteiger partial charge on any atom is 0.294 e. The lowest BCUT2D eigenvalue weighted by Crippen LogP contribution is -2.30. The summed E-state index contributed by atoms with van der Waals surface area (Å²) in [6, 6.07) is 8.30. The number of amides is 1. The summed E-state index contributed by atoms with van der Waals surface area (Å²) < 4.78 is 137. The lowest BCUT2D eigenvalue weighted by atomic mass is 9.77. The third-order valence-corrected chi connectivity index (χ3v) is 14.7. The molecule has 2 aromatic rings. The molecule has 0 fully saturated rings. The molecule has 1 amide bonds. The van der Waals surface area contributed by atoms with Crippen LogP contribution in [0.5, 0.6) is 0 Å². The number of hydrogen-bond acceptors (Lipinski definition) is 10. The van der Waals surface area contributed by atoms with Gasteiger partial charge in [-0.3, -0.25) is 23.0 Å². The van der Waals surface area contributed by atoms with E-state index in [0.29, 0.717) is 72.6 Å². The molecule has 20 heteroatoms. The second-order valence-corrected chi connectivity index (χ2v) is 22.5. The van der Waals surface area contributed by atoms with Crippen molar-refractivity contribution in [3.05, 3.63) is 71.5 Å². The number of allylic oxidation sites excluding steroid dienone is 4. The fourth-order valence-electron chi connectivity index (χ4n) is 8.28. The van der Waals surface area contributed by atoms with E-state index in [1.807, 2.05) is 39.5 Å². The number of carbonyl (C=O) groups is 1. The van der Waals surface area contributed by atoms with Crippen molar-refractivity contribution in [1.82, 2.24) is 5.32 Å². The van der Waals surface area contributed by atoms with Crippen molar-refractivity contribution >= 4 is 63.5 Å². The first-order valence-corrected chi connectivity index (χ1v) is 27.6. The molecule has 2 aliphatic heterocycles. The van der Waals surface area contributed by atoms with Gasteiger partial charge in [0.15, 0.2) is 5.71 Å². The minimum absolute atomic E-state index is 0.000526. The Morgan fingerprint density at radius 1 is 0.730 bits per heavy atom. The van der Waals surface area contributed by atoms with Crippen LogP contribution in [0.15, 0.2) is 70.1 Å². The van der Waals surface area contributed by atoms with Crippen molar-refractivity contribution in [2.45, 2.75) is 139 Å². The highest BCUT2D eigenvalue weighted by Gasteiger charge is 2.46. The van der Waals surface area contributed by atoms with Crippen LogP contribution in [0.2, 0.25) is 0 Å². The number of fused-ring (bicyclic) bond motifs is 2. The highest BCUT2D eigenvalue weighted by molar-refractivity contribution is 7.86. The standard InChI is InChI=1S/C41H59N3O13S4.C2H6/c1-5-6-7-8-12-24-42-39(45)18-10-9-11-23-41(4)34-30-32(61(55,56)57)20-22-36(34)44(26-15-28-59(49,50)51)38(41)17-13-16-37-40(2,3)33-29-31(60(52,53)54)19-21-35(33)43(37)25-14-27-58(46,47)48;1-2/h13,16-17,19-22,29-30H,5-12,14-15,18,23-28H2,1-4H3,(H4-,42,45,46,47,48,49,50,51,52,53,54,55,56,57);1-2H3/p+1. The highest BCUT2D eigenvalue weighted by Crippen LogP contribution is 2.51. The van der Waals surface area contributed by atoms with Gasteiger partial charge in [0.2, 0.25) is 11.6 Å². The van der Waals surface area contributed by atoms with Crippen molar-refractivity contribution in [3.63, 3.8) is 0 Å². The molecule has 1 atom stereocenters. The number of unbranched alkanes of at least 4 members (excludes halogenated alkanes) is 6. The summed E-state index contributed by atoms with van der Waals surface area (Å²) in [7, 11) is -17.8. The first-order chi connectivity index (χ1) is 29.3. The quantitative estimate of drug-likeness (QED) is 0.0391. The predicted octanol–water partition coefficient (Wildman–Crippen LogP) is 7.39. The lowest BCUT2D eigenvalue weighted by molar-refractivity contribution is -0.437. The molecule has 16 nitrogen and oxygen atoms in total. The van der Waals surface area contributed by atoms with Crippen molar-refractivity contribution in [1.29, 1.82) is 0 Å². The maximum absolute atomic E-state index is 12.5. The molecule has 1 unspecified atom stereocenters. The fourth-order valence-corrected chi connectivity index (χ4v) is 10.3. The maximum atomic E-state index is 12.5. The summed E-state index contributed by atoms with van der Waals surface area (Å²) in [5.41, 5.74) is 1.65. The Balaban J connectivity index is 0.00000520. The van der Waals surface area contributed by atoms with Crippen LogP contribution in [-0.4, -0.2) is 99.2 Å². The van der Waals surface area contributed by atoms with Gasteiger partial charge in [0.05, 0.1) is 26.7 Å². The number of nitrogens with zero attached hydrogens (tertiary/aromatic N) is 2. The molecule has 63 heavy (non-hydrogen) atoms. The smallest absolute Gasteiger partial charge is 0.294 e. The molecular formula is C43H66N3O13S4+. The normalized spacial score (nSPS) is 18.1. The van der Waals surface area contributed by atoms with Crippen molar-refractivity contribution in [2.75, 3.05) is 36.0 Å². The summed E-state index contributed by atoms with van der Waals surface area (Å²) in [5, 5.41) is 2.98. The van der Waals surface area contributed by atoms with Crippen LogP contribution in [0.3, 0.4) is 0 Å². The van der Waals surface area contributed by atoms with Gasteiger partial charge in [0, 0.05) is 60.4 Å². The number of rotatable bonds is 24. The monoisotopic (exact) mass is 960 g/mol. The van der Waals surface area contributed by atoms with Crippen molar-refractivity contribution < 1.29 is 61.3 Å². The second kappa shape index (κ2) is 22.6. The number of anilines is 1. The van der Waals surface area contributed by atoms with Gasteiger partial charge in [-0.05, 0) is 88.4 Å². The lowest BCUT2D eigenvalue weighted by Gasteiger charge is -2.30. The van der Waals surface area contributed by atoms with Crippen LogP contribution < -0.4 is 10.2 Å². The Kier molecular flexibility index (Phi) is 19.3.